The summed E-state index contributed by atoms with van der Waals surface area (Å²) in [5.41, 5.74) is 1.43. The van der Waals surface area contributed by atoms with Gasteiger partial charge < -0.3 is 5.32 Å². The largest absolute Gasteiger partial charge is 0.316 e. The predicted molar refractivity (Wildman–Crippen MR) is 60.7 cm³/mol. The second-order valence-electron chi connectivity index (χ2n) is 1.99. The first-order valence-corrected chi connectivity index (χ1v) is 5.11. The van der Waals surface area contributed by atoms with Crippen molar-refractivity contribution in [3.63, 3.8) is 0 Å². The Balaban J connectivity index is -0.000000175. The highest BCUT2D eigenvalue weighted by atomic mass is 14.8. The van der Waals surface area contributed by atoms with Gasteiger partial charge >= 0.3 is 0 Å². The Hall–Kier alpha value is -0.300. The van der Waals surface area contributed by atoms with Crippen LogP contribution < -0.4 is 5.32 Å². The lowest BCUT2D eigenvalue weighted by atomic mass is 10.2. The maximum absolute atomic E-state index is 3.08. The van der Waals surface area contributed by atoms with E-state index in [9.17, 15) is 0 Å². The van der Waals surface area contributed by atoms with E-state index in [1.165, 1.54) is 5.57 Å². The normalized spacial score (nSPS) is 9.08. The molecule has 0 saturated carbocycles. The molecular weight excluding hydrogens is 146 g/mol. The minimum atomic E-state index is 1.02. The van der Waals surface area contributed by atoms with Crippen LogP contribution in [-0.2, 0) is 0 Å². The first kappa shape index (κ1) is 17.7. The molecule has 0 amide bonds. The molecule has 1 heteroatoms. The van der Waals surface area contributed by atoms with Crippen LogP contribution in [0, 0.1) is 0 Å². The van der Waals surface area contributed by atoms with E-state index in [2.05, 4.69) is 25.2 Å². The average Bonchev–Trinajstić information content (AvgIpc) is 2.12. The van der Waals surface area contributed by atoms with Gasteiger partial charge in [0, 0.05) is 6.54 Å². The van der Waals surface area contributed by atoms with Gasteiger partial charge in [-0.1, -0.05) is 46.3 Å². The van der Waals surface area contributed by atoms with Crippen molar-refractivity contribution < 1.29 is 0 Å². The summed E-state index contributed by atoms with van der Waals surface area (Å²) < 4.78 is 0. The molecule has 0 heterocycles. The van der Waals surface area contributed by atoms with Gasteiger partial charge in [0.25, 0.3) is 0 Å². The lowest BCUT2D eigenvalue weighted by molar-refractivity contribution is 0.873. The molecule has 0 radical (unpaired) electrons. The van der Waals surface area contributed by atoms with E-state index in [4.69, 9.17) is 0 Å². The molecular formula is C11H27N. The third-order valence-corrected chi connectivity index (χ3v) is 1.01. The highest BCUT2D eigenvalue weighted by molar-refractivity contribution is 4.98. The standard InChI is InChI=1S/C7H15N.2C2H6/c1-4-5-7(2)6-8-3;2*1-2/h5,8H,4,6H2,1-3H3;2*1-2H3/b7-5+;;. The smallest absolute Gasteiger partial charge is 0.0158 e. The number of hydrogen-bond donors (Lipinski definition) is 1. The van der Waals surface area contributed by atoms with E-state index in [0.29, 0.717) is 0 Å². The summed E-state index contributed by atoms with van der Waals surface area (Å²) in [5, 5.41) is 3.08. The highest BCUT2D eigenvalue weighted by Crippen LogP contribution is 1.90. The molecule has 1 N–H and O–H groups in total. The minimum Gasteiger partial charge on any atom is -0.316 e. The summed E-state index contributed by atoms with van der Waals surface area (Å²) in [4.78, 5) is 0. The molecule has 0 aliphatic heterocycles. The van der Waals surface area contributed by atoms with E-state index in [1.54, 1.807) is 0 Å². The molecule has 0 bridgehead atoms. The fraction of sp³-hybridized carbons (Fsp3) is 0.818. The van der Waals surface area contributed by atoms with Crippen molar-refractivity contribution in [2.45, 2.75) is 48.0 Å². The zero-order chi connectivity index (χ0) is 10.4. The van der Waals surface area contributed by atoms with Crippen molar-refractivity contribution in [1.29, 1.82) is 0 Å². The Morgan fingerprint density at radius 3 is 1.83 bits per heavy atom. The molecule has 1 nitrogen and oxygen atoms in total. The quantitative estimate of drug-likeness (QED) is 0.643. The maximum atomic E-state index is 3.08. The van der Waals surface area contributed by atoms with Crippen LogP contribution in [-0.4, -0.2) is 13.6 Å². The zero-order valence-electron chi connectivity index (χ0n) is 9.99. The fourth-order valence-electron chi connectivity index (χ4n) is 0.699. The van der Waals surface area contributed by atoms with Gasteiger partial charge in [-0.15, -0.1) is 0 Å². The van der Waals surface area contributed by atoms with Gasteiger partial charge in [-0.05, 0) is 20.4 Å². The molecule has 12 heavy (non-hydrogen) atoms. The summed E-state index contributed by atoms with van der Waals surface area (Å²) >= 11 is 0. The first-order chi connectivity index (χ1) is 5.81. The Kier molecular flexibility index (Phi) is 33.1. The summed E-state index contributed by atoms with van der Waals surface area (Å²) in [6, 6.07) is 0. The Labute approximate surface area is 79.3 Å². The Morgan fingerprint density at radius 2 is 1.58 bits per heavy atom. The van der Waals surface area contributed by atoms with Gasteiger partial charge in [-0.2, -0.15) is 0 Å². The topological polar surface area (TPSA) is 12.0 Å². The van der Waals surface area contributed by atoms with Crippen LogP contribution in [0.25, 0.3) is 0 Å². The van der Waals surface area contributed by atoms with E-state index < -0.39 is 0 Å². The van der Waals surface area contributed by atoms with Crippen LogP contribution in [0.4, 0.5) is 0 Å². The molecule has 0 aliphatic rings. The van der Waals surface area contributed by atoms with Crippen LogP contribution in [0.15, 0.2) is 11.6 Å². The summed E-state index contributed by atoms with van der Waals surface area (Å²) in [6.45, 7) is 13.3. The molecule has 0 aromatic rings. The van der Waals surface area contributed by atoms with Gasteiger partial charge in [0.2, 0.25) is 0 Å². The SMILES string of the molecule is CC.CC.CC/C=C(\C)CNC. The number of hydrogen-bond acceptors (Lipinski definition) is 1. The van der Waals surface area contributed by atoms with Gasteiger partial charge in [-0.25, -0.2) is 0 Å². The number of nitrogens with one attached hydrogen (secondary N) is 1. The molecule has 76 valence electrons. The van der Waals surface area contributed by atoms with Crippen molar-refractivity contribution >= 4 is 0 Å². The van der Waals surface area contributed by atoms with Crippen molar-refractivity contribution in [1.82, 2.24) is 5.32 Å². The number of likely N-dealkylation sites (N-methyl/N-ethyl adjacent to an activating group) is 1. The first-order valence-electron chi connectivity index (χ1n) is 5.11. The lowest BCUT2D eigenvalue weighted by Crippen LogP contribution is -2.08. The third-order valence-electron chi connectivity index (χ3n) is 1.01. The van der Waals surface area contributed by atoms with Crippen LogP contribution in [0.1, 0.15) is 48.0 Å². The van der Waals surface area contributed by atoms with Crippen LogP contribution in [0.3, 0.4) is 0 Å². The Morgan fingerprint density at radius 1 is 1.17 bits per heavy atom. The molecule has 0 fully saturated rings. The van der Waals surface area contributed by atoms with Crippen LogP contribution >= 0.6 is 0 Å². The van der Waals surface area contributed by atoms with E-state index >= 15 is 0 Å². The molecule has 0 spiro atoms. The zero-order valence-corrected chi connectivity index (χ0v) is 9.99. The number of rotatable bonds is 3. The van der Waals surface area contributed by atoms with Gasteiger partial charge in [0.15, 0.2) is 0 Å². The van der Waals surface area contributed by atoms with Crippen molar-refractivity contribution in [2.24, 2.45) is 0 Å². The highest BCUT2D eigenvalue weighted by Gasteiger charge is 1.80. The monoisotopic (exact) mass is 173 g/mol. The van der Waals surface area contributed by atoms with Crippen molar-refractivity contribution in [2.75, 3.05) is 13.6 Å². The third kappa shape index (κ3) is 22.6. The fourth-order valence-corrected chi connectivity index (χ4v) is 0.699. The second kappa shape index (κ2) is 22.4. The molecule has 0 unspecified atom stereocenters. The van der Waals surface area contributed by atoms with Gasteiger partial charge in [0.1, 0.15) is 0 Å². The lowest BCUT2D eigenvalue weighted by Gasteiger charge is -1.95. The molecule has 0 saturated heterocycles. The summed E-state index contributed by atoms with van der Waals surface area (Å²) in [5.74, 6) is 0. The summed E-state index contributed by atoms with van der Waals surface area (Å²) in [7, 11) is 1.97. The van der Waals surface area contributed by atoms with Crippen LogP contribution in [0.2, 0.25) is 0 Å². The number of allylic oxidation sites excluding steroid dienone is 1. The molecule has 0 aromatic carbocycles. The predicted octanol–water partition coefficient (Wildman–Crippen LogP) is 3.61. The van der Waals surface area contributed by atoms with Gasteiger partial charge in [0.05, 0.1) is 0 Å². The van der Waals surface area contributed by atoms with E-state index in [-0.39, 0.29) is 0 Å². The molecule has 0 rings (SSSR count). The Bertz CT molecular complexity index is 75.1. The van der Waals surface area contributed by atoms with Gasteiger partial charge in [-0.3, -0.25) is 0 Å². The van der Waals surface area contributed by atoms with Crippen LogP contribution in [0.5, 0.6) is 0 Å². The van der Waals surface area contributed by atoms with Crippen molar-refractivity contribution in [3.05, 3.63) is 11.6 Å². The molecule has 0 aromatic heterocycles. The summed E-state index contributed by atoms with van der Waals surface area (Å²) in [6.07, 6.45) is 3.38. The average molecular weight is 173 g/mol. The molecule has 0 atom stereocenters. The van der Waals surface area contributed by atoms with E-state index in [1.807, 2.05) is 34.7 Å². The molecule has 0 aliphatic carbocycles. The minimum absolute atomic E-state index is 1.02. The second-order valence-corrected chi connectivity index (χ2v) is 1.99. The van der Waals surface area contributed by atoms with Crippen molar-refractivity contribution in [3.8, 4) is 0 Å². The van der Waals surface area contributed by atoms with E-state index in [0.717, 1.165) is 13.0 Å². The maximum Gasteiger partial charge on any atom is 0.0158 e.